The molecule has 5 rings (SSSR count). The Bertz CT molecular complexity index is 1330. The molecule has 1 amide bonds. The number of para-hydroxylation sites is 1. The highest BCUT2D eigenvalue weighted by Crippen LogP contribution is 2.31. The van der Waals surface area contributed by atoms with Crippen molar-refractivity contribution in [2.75, 3.05) is 27.3 Å². The third-order valence-electron chi connectivity index (χ3n) is 6.65. The highest BCUT2D eigenvalue weighted by atomic mass is 16.5. The molecule has 4 aromatic rings. The number of carbonyl (C=O) groups excluding carboxylic acids is 1. The van der Waals surface area contributed by atoms with Crippen LogP contribution in [0.15, 0.2) is 65.7 Å². The summed E-state index contributed by atoms with van der Waals surface area (Å²) in [5.74, 6) is 2.38. The van der Waals surface area contributed by atoms with E-state index in [1.165, 1.54) is 0 Å². The fourth-order valence-corrected chi connectivity index (χ4v) is 4.60. The van der Waals surface area contributed by atoms with Gasteiger partial charge in [-0.05, 0) is 55.8 Å². The lowest BCUT2D eigenvalue weighted by Crippen LogP contribution is -2.40. The molecule has 1 saturated heterocycles. The summed E-state index contributed by atoms with van der Waals surface area (Å²) in [6.45, 7) is 2.61. The molecule has 0 radical (unpaired) electrons. The van der Waals surface area contributed by atoms with Gasteiger partial charge in [-0.1, -0.05) is 23.4 Å². The fourth-order valence-electron chi connectivity index (χ4n) is 4.60. The van der Waals surface area contributed by atoms with Gasteiger partial charge in [0.25, 0.3) is 0 Å². The molecule has 1 aliphatic heterocycles. The van der Waals surface area contributed by atoms with Crippen molar-refractivity contribution in [3.8, 4) is 28.6 Å². The van der Waals surface area contributed by atoms with Crippen molar-refractivity contribution in [3.63, 3.8) is 0 Å². The Hall–Kier alpha value is -4.18. The van der Waals surface area contributed by atoms with E-state index in [1.54, 1.807) is 26.7 Å². The molecule has 1 fully saturated rings. The van der Waals surface area contributed by atoms with Crippen molar-refractivity contribution in [1.82, 2.24) is 29.9 Å². The van der Waals surface area contributed by atoms with Gasteiger partial charge < -0.3 is 23.9 Å². The molecule has 0 saturated carbocycles. The van der Waals surface area contributed by atoms with Gasteiger partial charge in [0.2, 0.25) is 17.6 Å². The third-order valence-corrected chi connectivity index (χ3v) is 6.65. The van der Waals surface area contributed by atoms with Gasteiger partial charge in [0, 0.05) is 30.4 Å². The summed E-state index contributed by atoms with van der Waals surface area (Å²) < 4.78 is 18.1. The lowest BCUT2D eigenvalue weighted by Gasteiger charge is -2.30. The molecule has 0 spiro atoms. The summed E-state index contributed by atoms with van der Waals surface area (Å²) in [5, 5.41) is 7.25. The summed E-state index contributed by atoms with van der Waals surface area (Å²) in [6, 6.07) is 13.5. The van der Waals surface area contributed by atoms with Crippen LogP contribution in [0.5, 0.6) is 11.5 Å². The van der Waals surface area contributed by atoms with Crippen LogP contribution in [0, 0.1) is 5.92 Å². The van der Waals surface area contributed by atoms with E-state index in [0.717, 1.165) is 42.7 Å². The lowest BCUT2D eigenvalue weighted by molar-refractivity contribution is -0.126. The van der Waals surface area contributed by atoms with E-state index < -0.39 is 0 Å². The van der Waals surface area contributed by atoms with Crippen molar-refractivity contribution in [1.29, 1.82) is 0 Å². The van der Waals surface area contributed by atoms with Crippen LogP contribution in [0.25, 0.3) is 17.1 Å². The van der Waals surface area contributed by atoms with E-state index in [0.29, 0.717) is 36.3 Å². The molecule has 10 nitrogen and oxygen atoms in total. The number of piperidine rings is 1. The van der Waals surface area contributed by atoms with Crippen molar-refractivity contribution in [3.05, 3.63) is 72.6 Å². The van der Waals surface area contributed by atoms with Crippen LogP contribution in [-0.4, -0.2) is 57.8 Å². The Morgan fingerprint density at radius 2 is 1.92 bits per heavy atom. The first-order valence-corrected chi connectivity index (χ1v) is 12.3. The lowest BCUT2D eigenvalue weighted by atomic mass is 9.96. The van der Waals surface area contributed by atoms with E-state index in [2.05, 4.69) is 25.3 Å². The van der Waals surface area contributed by atoms with Crippen molar-refractivity contribution in [2.45, 2.75) is 25.9 Å². The largest absolute Gasteiger partial charge is 0.493 e. The zero-order valence-electron chi connectivity index (χ0n) is 21.0. The minimum atomic E-state index is -0.0123. The molecule has 37 heavy (non-hydrogen) atoms. The second-order valence-electron chi connectivity index (χ2n) is 8.95. The van der Waals surface area contributed by atoms with Gasteiger partial charge in [0.15, 0.2) is 11.5 Å². The summed E-state index contributed by atoms with van der Waals surface area (Å²) in [5.41, 5.74) is 2.85. The van der Waals surface area contributed by atoms with E-state index in [4.69, 9.17) is 14.0 Å². The SMILES string of the molecule is COc1ccc(-c2noc(CN3CCC(C(=O)NCc4ccccc4-n4ccnc4)CC3)n2)cc1OC. The highest BCUT2D eigenvalue weighted by Gasteiger charge is 2.26. The van der Waals surface area contributed by atoms with Gasteiger partial charge in [-0.15, -0.1) is 0 Å². The molecule has 10 heteroatoms. The number of nitrogens with zero attached hydrogens (tertiary/aromatic N) is 5. The smallest absolute Gasteiger partial charge is 0.241 e. The number of aromatic nitrogens is 4. The second-order valence-corrected chi connectivity index (χ2v) is 8.95. The highest BCUT2D eigenvalue weighted by molar-refractivity contribution is 5.78. The molecule has 2 aromatic carbocycles. The first kappa shape index (κ1) is 24.5. The van der Waals surface area contributed by atoms with Crippen LogP contribution in [0.4, 0.5) is 0 Å². The number of nitrogens with one attached hydrogen (secondary N) is 1. The summed E-state index contributed by atoms with van der Waals surface area (Å²) in [6.07, 6.45) is 6.97. The summed E-state index contributed by atoms with van der Waals surface area (Å²) in [7, 11) is 3.19. The second kappa shape index (κ2) is 11.3. The zero-order valence-corrected chi connectivity index (χ0v) is 21.0. The number of amides is 1. The maximum atomic E-state index is 12.9. The Labute approximate surface area is 215 Å². The molecule has 0 bridgehead atoms. The topological polar surface area (TPSA) is 108 Å². The normalized spacial score (nSPS) is 14.4. The van der Waals surface area contributed by atoms with Gasteiger partial charge in [0.05, 0.1) is 32.8 Å². The van der Waals surface area contributed by atoms with Crippen LogP contribution in [0.3, 0.4) is 0 Å². The van der Waals surface area contributed by atoms with Gasteiger partial charge in [-0.2, -0.15) is 4.98 Å². The first-order valence-electron chi connectivity index (χ1n) is 12.3. The summed E-state index contributed by atoms with van der Waals surface area (Å²) >= 11 is 0. The Kier molecular flexibility index (Phi) is 7.46. The molecule has 2 aromatic heterocycles. The zero-order chi connectivity index (χ0) is 25.6. The number of ether oxygens (including phenoxy) is 2. The number of hydrogen-bond donors (Lipinski definition) is 1. The van der Waals surface area contributed by atoms with Gasteiger partial charge in [-0.3, -0.25) is 9.69 Å². The molecule has 0 unspecified atom stereocenters. The van der Waals surface area contributed by atoms with E-state index >= 15 is 0 Å². The average molecular weight is 503 g/mol. The Balaban J connectivity index is 1.12. The van der Waals surface area contributed by atoms with E-state index in [1.807, 2.05) is 53.2 Å². The van der Waals surface area contributed by atoms with Crippen LogP contribution in [0.2, 0.25) is 0 Å². The molecule has 0 atom stereocenters. The quantitative estimate of drug-likeness (QED) is 0.371. The number of imidazole rings is 1. The number of likely N-dealkylation sites (tertiary alicyclic amines) is 1. The number of hydrogen-bond acceptors (Lipinski definition) is 8. The maximum absolute atomic E-state index is 12.9. The number of benzene rings is 2. The van der Waals surface area contributed by atoms with Crippen LogP contribution < -0.4 is 14.8 Å². The third kappa shape index (κ3) is 5.64. The fraction of sp³-hybridized carbons (Fsp3) is 0.333. The minimum Gasteiger partial charge on any atom is -0.493 e. The van der Waals surface area contributed by atoms with E-state index in [-0.39, 0.29) is 11.8 Å². The van der Waals surface area contributed by atoms with Crippen LogP contribution >= 0.6 is 0 Å². The molecule has 3 heterocycles. The van der Waals surface area contributed by atoms with Gasteiger partial charge in [-0.25, -0.2) is 4.98 Å². The molecular weight excluding hydrogens is 472 g/mol. The van der Waals surface area contributed by atoms with Crippen molar-refractivity contribution >= 4 is 5.91 Å². The van der Waals surface area contributed by atoms with Crippen molar-refractivity contribution in [2.24, 2.45) is 5.92 Å². The van der Waals surface area contributed by atoms with Crippen molar-refractivity contribution < 1.29 is 18.8 Å². The number of carbonyl (C=O) groups is 1. The van der Waals surface area contributed by atoms with Crippen LogP contribution in [-0.2, 0) is 17.9 Å². The monoisotopic (exact) mass is 502 g/mol. The summed E-state index contributed by atoms with van der Waals surface area (Å²) in [4.78, 5) is 23.8. The Morgan fingerprint density at radius 3 is 2.68 bits per heavy atom. The van der Waals surface area contributed by atoms with E-state index in [9.17, 15) is 4.79 Å². The molecule has 0 aliphatic carbocycles. The Morgan fingerprint density at radius 1 is 1.11 bits per heavy atom. The predicted molar refractivity (Wildman–Crippen MR) is 136 cm³/mol. The predicted octanol–water partition coefficient (Wildman–Crippen LogP) is 3.47. The molecule has 1 N–H and O–H groups in total. The standard InChI is InChI=1S/C27H30N6O4/c1-35-23-8-7-20(15-24(23)36-2)26-30-25(37-31-26)17-32-12-9-19(10-13-32)27(34)29-16-21-5-3-4-6-22(21)33-14-11-28-18-33/h3-8,11,14-15,18-19H,9-10,12-13,16-17H2,1-2H3,(H,29,34). The number of methoxy groups -OCH3 is 2. The average Bonchev–Trinajstić information content (AvgIpc) is 3.65. The van der Waals surface area contributed by atoms with Gasteiger partial charge in [0.1, 0.15) is 0 Å². The number of rotatable bonds is 9. The molecule has 1 aliphatic rings. The molecule has 192 valence electrons. The first-order chi connectivity index (χ1) is 18.1. The van der Waals surface area contributed by atoms with Crippen LogP contribution in [0.1, 0.15) is 24.3 Å². The van der Waals surface area contributed by atoms with Gasteiger partial charge >= 0.3 is 0 Å². The minimum absolute atomic E-state index is 0.0123. The molecular formula is C27H30N6O4. The maximum Gasteiger partial charge on any atom is 0.241 e.